The first-order valence-electron chi connectivity index (χ1n) is 8.22. The fourth-order valence-corrected chi connectivity index (χ4v) is 3.74. The molecule has 0 bridgehead atoms. The average molecular weight is 303 g/mol. The first kappa shape index (κ1) is 15.5. The number of aryl methyl sites for hydroxylation is 1. The summed E-state index contributed by atoms with van der Waals surface area (Å²) in [6, 6.07) is 5.99. The zero-order valence-electron chi connectivity index (χ0n) is 13.4. The molecule has 1 aromatic carbocycles. The van der Waals surface area contributed by atoms with Crippen LogP contribution in [0, 0.1) is 19.8 Å². The number of carbonyl (C=O) groups is 1. The standard InChI is InChI=1S/C18H25NO3/c1-12-5-3-6-14(13(12)2)18(21)19-9-4-7-16(19)15-11-22-10-8-17(15)20/h3,5-6,15-17,20H,4,7-11H2,1-2H3/t15-,16-,17+/m1/s1. The summed E-state index contributed by atoms with van der Waals surface area (Å²) in [4.78, 5) is 14.9. The van der Waals surface area contributed by atoms with Crippen molar-refractivity contribution in [3.8, 4) is 0 Å². The van der Waals surface area contributed by atoms with Crippen molar-refractivity contribution >= 4 is 5.91 Å². The lowest BCUT2D eigenvalue weighted by Crippen LogP contribution is -2.48. The number of nitrogens with zero attached hydrogens (tertiary/aromatic N) is 1. The van der Waals surface area contributed by atoms with E-state index in [1.807, 2.05) is 36.9 Å². The molecule has 1 N–H and O–H groups in total. The van der Waals surface area contributed by atoms with Gasteiger partial charge in [-0.05, 0) is 50.3 Å². The second kappa shape index (κ2) is 6.39. The second-order valence-corrected chi connectivity index (χ2v) is 6.55. The van der Waals surface area contributed by atoms with Gasteiger partial charge in [-0.3, -0.25) is 4.79 Å². The Hall–Kier alpha value is -1.39. The van der Waals surface area contributed by atoms with Crippen LogP contribution in [-0.2, 0) is 4.74 Å². The van der Waals surface area contributed by atoms with Crippen LogP contribution in [0.15, 0.2) is 18.2 Å². The number of benzene rings is 1. The highest BCUT2D eigenvalue weighted by molar-refractivity contribution is 5.96. The minimum atomic E-state index is -0.356. The maximum atomic E-state index is 13.0. The van der Waals surface area contributed by atoms with Crippen molar-refractivity contribution in [2.75, 3.05) is 19.8 Å². The fourth-order valence-electron chi connectivity index (χ4n) is 3.74. The van der Waals surface area contributed by atoms with Gasteiger partial charge in [-0.1, -0.05) is 12.1 Å². The molecule has 3 atom stereocenters. The van der Waals surface area contributed by atoms with Crippen LogP contribution in [0.1, 0.15) is 40.7 Å². The molecule has 2 aliphatic heterocycles. The van der Waals surface area contributed by atoms with Gasteiger partial charge in [0.15, 0.2) is 0 Å². The van der Waals surface area contributed by atoms with E-state index >= 15 is 0 Å². The van der Waals surface area contributed by atoms with E-state index in [0.29, 0.717) is 19.6 Å². The molecule has 2 fully saturated rings. The molecule has 0 aliphatic carbocycles. The number of ether oxygens (including phenoxy) is 1. The smallest absolute Gasteiger partial charge is 0.254 e. The predicted octanol–water partition coefficient (Wildman–Crippen LogP) is 2.31. The Kier molecular flexibility index (Phi) is 4.50. The zero-order chi connectivity index (χ0) is 15.7. The lowest BCUT2D eigenvalue weighted by atomic mass is 9.89. The number of hydrogen-bond donors (Lipinski definition) is 1. The molecule has 1 aromatic rings. The molecular weight excluding hydrogens is 278 g/mol. The van der Waals surface area contributed by atoms with Gasteiger partial charge >= 0.3 is 0 Å². The fraction of sp³-hybridized carbons (Fsp3) is 0.611. The van der Waals surface area contributed by atoms with E-state index in [0.717, 1.165) is 36.1 Å². The zero-order valence-corrected chi connectivity index (χ0v) is 13.4. The van der Waals surface area contributed by atoms with E-state index < -0.39 is 0 Å². The van der Waals surface area contributed by atoms with Crippen LogP contribution in [0.3, 0.4) is 0 Å². The number of amides is 1. The van der Waals surface area contributed by atoms with Gasteiger partial charge in [-0.25, -0.2) is 0 Å². The second-order valence-electron chi connectivity index (χ2n) is 6.55. The maximum Gasteiger partial charge on any atom is 0.254 e. The van der Waals surface area contributed by atoms with Gasteiger partial charge in [0, 0.05) is 30.7 Å². The number of aliphatic hydroxyl groups is 1. The lowest BCUT2D eigenvalue weighted by Gasteiger charge is -2.37. The quantitative estimate of drug-likeness (QED) is 0.912. The molecule has 0 radical (unpaired) electrons. The summed E-state index contributed by atoms with van der Waals surface area (Å²) in [7, 11) is 0. The van der Waals surface area contributed by atoms with E-state index in [2.05, 4.69) is 0 Å². The number of aliphatic hydroxyl groups excluding tert-OH is 1. The molecule has 22 heavy (non-hydrogen) atoms. The third-order valence-corrected chi connectivity index (χ3v) is 5.25. The molecule has 2 saturated heterocycles. The summed E-state index contributed by atoms with van der Waals surface area (Å²) in [5, 5.41) is 10.3. The van der Waals surface area contributed by atoms with E-state index in [9.17, 15) is 9.90 Å². The van der Waals surface area contributed by atoms with Crippen molar-refractivity contribution < 1.29 is 14.6 Å². The molecule has 1 amide bonds. The molecule has 4 nitrogen and oxygen atoms in total. The molecule has 0 unspecified atom stereocenters. The minimum absolute atomic E-state index is 0.0466. The SMILES string of the molecule is Cc1cccc(C(=O)N2CCC[C@@H]2[C@H]2COCC[C@@H]2O)c1C. The molecule has 3 rings (SSSR count). The van der Waals surface area contributed by atoms with Gasteiger partial charge in [0.05, 0.1) is 12.7 Å². The van der Waals surface area contributed by atoms with Gasteiger partial charge in [0.1, 0.15) is 0 Å². The number of likely N-dealkylation sites (tertiary alicyclic amines) is 1. The van der Waals surface area contributed by atoms with E-state index in [1.54, 1.807) is 0 Å². The van der Waals surface area contributed by atoms with Gasteiger partial charge in [-0.15, -0.1) is 0 Å². The molecule has 0 saturated carbocycles. The van der Waals surface area contributed by atoms with Crippen molar-refractivity contribution in [2.24, 2.45) is 5.92 Å². The maximum absolute atomic E-state index is 13.0. The van der Waals surface area contributed by atoms with Crippen LogP contribution < -0.4 is 0 Å². The Morgan fingerprint density at radius 2 is 2.14 bits per heavy atom. The minimum Gasteiger partial charge on any atom is -0.393 e. The highest BCUT2D eigenvalue weighted by Gasteiger charge is 2.40. The molecule has 0 spiro atoms. The Labute approximate surface area is 132 Å². The number of hydrogen-bond acceptors (Lipinski definition) is 3. The highest BCUT2D eigenvalue weighted by Crippen LogP contribution is 2.31. The molecule has 120 valence electrons. The summed E-state index contributed by atoms with van der Waals surface area (Å²) < 4.78 is 5.54. The third-order valence-electron chi connectivity index (χ3n) is 5.25. The summed E-state index contributed by atoms with van der Waals surface area (Å²) in [5.74, 6) is 0.145. The van der Waals surface area contributed by atoms with Gasteiger partial charge < -0.3 is 14.7 Å². The lowest BCUT2D eigenvalue weighted by molar-refractivity contribution is -0.0589. The first-order valence-corrected chi connectivity index (χ1v) is 8.22. The number of rotatable bonds is 2. The van der Waals surface area contributed by atoms with Crippen molar-refractivity contribution in [1.82, 2.24) is 4.90 Å². The van der Waals surface area contributed by atoms with Crippen molar-refractivity contribution in [2.45, 2.75) is 45.3 Å². The Bertz CT molecular complexity index is 557. The van der Waals surface area contributed by atoms with Crippen LogP contribution in [0.5, 0.6) is 0 Å². The highest BCUT2D eigenvalue weighted by atomic mass is 16.5. The van der Waals surface area contributed by atoms with E-state index in [-0.39, 0.29) is 24.0 Å². The molecule has 2 heterocycles. The number of carbonyl (C=O) groups excluding carboxylic acids is 1. The Morgan fingerprint density at radius 1 is 1.32 bits per heavy atom. The van der Waals surface area contributed by atoms with Crippen LogP contribution in [0.2, 0.25) is 0 Å². The van der Waals surface area contributed by atoms with Gasteiger partial charge in [0.25, 0.3) is 5.91 Å². The normalized spacial score (nSPS) is 28.9. The van der Waals surface area contributed by atoms with E-state index in [4.69, 9.17) is 4.74 Å². The summed E-state index contributed by atoms with van der Waals surface area (Å²) in [5.41, 5.74) is 2.99. The van der Waals surface area contributed by atoms with Gasteiger partial charge in [-0.2, -0.15) is 0 Å². The largest absolute Gasteiger partial charge is 0.393 e. The monoisotopic (exact) mass is 303 g/mol. The molecule has 2 aliphatic rings. The predicted molar refractivity (Wildman–Crippen MR) is 84.9 cm³/mol. The van der Waals surface area contributed by atoms with Crippen LogP contribution >= 0.6 is 0 Å². The molecule has 4 heteroatoms. The van der Waals surface area contributed by atoms with Crippen LogP contribution in [0.4, 0.5) is 0 Å². The summed E-state index contributed by atoms with van der Waals surface area (Å²) in [6.45, 7) is 6.00. The summed E-state index contributed by atoms with van der Waals surface area (Å²) in [6.07, 6.45) is 2.28. The van der Waals surface area contributed by atoms with E-state index in [1.165, 1.54) is 0 Å². The Morgan fingerprint density at radius 3 is 2.91 bits per heavy atom. The first-order chi connectivity index (χ1) is 10.6. The summed E-state index contributed by atoms with van der Waals surface area (Å²) >= 11 is 0. The van der Waals surface area contributed by atoms with Crippen molar-refractivity contribution in [3.63, 3.8) is 0 Å². The van der Waals surface area contributed by atoms with Crippen LogP contribution in [0.25, 0.3) is 0 Å². The van der Waals surface area contributed by atoms with Crippen molar-refractivity contribution in [1.29, 1.82) is 0 Å². The Balaban J connectivity index is 1.83. The van der Waals surface area contributed by atoms with Crippen LogP contribution in [-0.4, -0.2) is 47.8 Å². The average Bonchev–Trinajstić information content (AvgIpc) is 2.99. The molecule has 0 aromatic heterocycles. The third kappa shape index (κ3) is 2.77. The van der Waals surface area contributed by atoms with Gasteiger partial charge in [0.2, 0.25) is 0 Å². The topological polar surface area (TPSA) is 49.8 Å². The van der Waals surface area contributed by atoms with Crippen molar-refractivity contribution in [3.05, 3.63) is 34.9 Å². The molecular formula is C18H25NO3.